The fourth-order valence-electron chi connectivity index (χ4n) is 2.57. The topological polar surface area (TPSA) is 70.7 Å². The van der Waals surface area contributed by atoms with Gasteiger partial charge in [-0.3, -0.25) is 4.79 Å². The number of anilines is 1. The largest absolute Gasteiger partial charge is 0.336 e. The van der Waals surface area contributed by atoms with Crippen molar-refractivity contribution in [2.45, 2.75) is 6.42 Å². The van der Waals surface area contributed by atoms with E-state index in [1.54, 1.807) is 24.4 Å². The molecule has 0 saturated carbocycles. The van der Waals surface area contributed by atoms with E-state index in [0.717, 1.165) is 21.6 Å². The smallest absolute Gasteiger partial charge is 0.228 e. The van der Waals surface area contributed by atoms with Gasteiger partial charge in [-0.25, -0.2) is 9.97 Å². The molecule has 0 aliphatic heterocycles. The maximum absolute atomic E-state index is 12.3. The highest BCUT2D eigenvalue weighted by atomic mass is 35.5. The average molecular weight is 403 g/mol. The minimum atomic E-state index is -0.137. The Morgan fingerprint density at radius 2 is 2.04 bits per heavy atom. The summed E-state index contributed by atoms with van der Waals surface area (Å²) >= 11 is 13.4. The lowest BCUT2D eigenvalue weighted by atomic mass is 10.1. The number of hydrogen-bond donors (Lipinski definition) is 2. The highest BCUT2D eigenvalue weighted by Gasteiger charge is 2.10. The van der Waals surface area contributed by atoms with Gasteiger partial charge in [0, 0.05) is 17.3 Å². The van der Waals surface area contributed by atoms with Crippen molar-refractivity contribution >= 4 is 57.2 Å². The van der Waals surface area contributed by atoms with Crippen LogP contribution in [0, 0.1) is 0 Å². The molecule has 0 unspecified atom stereocenters. The molecule has 26 heavy (non-hydrogen) atoms. The van der Waals surface area contributed by atoms with E-state index in [1.807, 2.05) is 23.6 Å². The Balaban J connectivity index is 1.51. The van der Waals surface area contributed by atoms with E-state index in [2.05, 4.69) is 20.3 Å². The minimum Gasteiger partial charge on any atom is -0.336 e. The van der Waals surface area contributed by atoms with Crippen molar-refractivity contribution in [1.82, 2.24) is 15.0 Å². The minimum absolute atomic E-state index is 0.137. The molecule has 2 heterocycles. The van der Waals surface area contributed by atoms with Crippen LogP contribution in [0.3, 0.4) is 0 Å². The van der Waals surface area contributed by atoms with Gasteiger partial charge in [0.1, 0.15) is 0 Å². The Kier molecular flexibility index (Phi) is 4.63. The summed E-state index contributed by atoms with van der Waals surface area (Å²) in [5, 5.41) is 6.51. The maximum Gasteiger partial charge on any atom is 0.228 e. The molecule has 2 N–H and O–H groups in total. The molecule has 130 valence electrons. The lowest BCUT2D eigenvalue weighted by Gasteiger charge is -2.06. The van der Waals surface area contributed by atoms with Gasteiger partial charge in [0.15, 0.2) is 10.8 Å². The molecule has 8 heteroatoms. The fourth-order valence-corrected chi connectivity index (χ4v) is 3.47. The van der Waals surface area contributed by atoms with Gasteiger partial charge in [0.25, 0.3) is 0 Å². The number of aromatic amines is 1. The first-order valence-corrected chi connectivity index (χ1v) is 9.35. The zero-order chi connectivity index (χ0) is 18.1. The van der Waals surface area contributed by atoms with Crippen molar-refractivity contribution in [3.05, 3.63) is 63.6 Å². The van der Waals surface area contributed by atoms with E-state index >= 15 is 0 Å². The monoisotopic (exact) mass is 402 g/mol. The number of hydrogen-bond acceptors (Lipinski definition) is 4. The number of H-pyrrole nitrogens is 1. The molecule has 0 radical (unpaired) electrons. The van der Waals surface area contributed by atoms with Crippen molar-refractivity contribution in [1.29, 1.82) is 0 Å². The van der Waals surface area contributed by atoms with Gasteiger partial charge in [0.05, 0.1) is 27.5 Å². The molecule has 0 fully saturated rings. The summed E-state index contributed by atoms with van der Waals surface area (Å²) < 4.78 is 0. The van der Waals surface area contributed by atoms with Crippen molar-refractivity contribution in [3.8, 4) is 10.8 Å². The number of rotatable bonds is 4. The van der Waals surface area contributed by atoms with Crippen LogP contribution < -0.4 is 5.32 Å². The summed E-state index contributed by atoms with van der Waals surface area (Å²) in [5.41, 5.74) is 3.14. The lowest BCUT2D eigenvalue weighted by molar-refractivity contribution is -0.115. The first-order valence-electron chi connectivity index (χ1n) is 7.72. The van der Waals surface area contributed by atoms with Gasteiger partial charge < -0.3 is 10.3 Å². The Hall–Kier alpha value is -2.41. The molecule has 5 nitrogen and oxygen atoms in total. The number of thiazole rings is 1. The number of imidazole rings is 1. The van der Waals surface area contributed by atoms with Gasteiger partial charge in [-0.05, 0) is 35.9 Å². The number of amides is 1. The molecule has 4 rings (SSSR count). The zero-order valence-electron chi connectivity index (χ0n) is 13.3. The number of nitrogens with zero attached hydrogens (tertiary/aromatic N) is 2. The van der Waals surface area contributed by atoms with Crippen molar-refractivity contribution in [2.75, 3.05) is 5.32 Å². The van der Waals surface area contributed by atoms with E-state index in [-0.39, 0.29) is 12.3 Å². The number of fused-ring (bicyclic) bond motifs is 1. The van der Waals surface area contributed by atoms with Crippen LogP contribution in [0.2, 0.25) is 10.0 Å². The standard InChI is InChI=1S/C18H12Cl2N4OS/c19-12-3-1-10(7-13(12)20)8-16(25)22-11-2-4-14-15(9-11)24-17(23-14)18-21-5-6-26-18/h1-7,9H,8H2,(H,22,25)(H,23,24). The Morgan fingerprint density at radius 1 is 1.15 bits per heavy atom. The van der Waals surface area contributed by atoms with E-state index in [9.17, 15) is 4.79 Å². The third kappa shape index (κ3) is 3.58. The fraction of sp³-hybridized carbons (Fsp3) is 0.0556. The first kappa shape index (κ1) is 17.0. The lowest BCUT2D eigenvalue weighted by Crippen LogP contribution is -2.14. The average Bonchev–Trinajstić information content (AvgIpc) is 3.26. The number of benzene rings is 2. The number of aromatic nitrogens is 3. The molecule has 0 bridgehead atoms. The predicted molar refractivity (Wildman–Crippen MR) is 106 cm³/mol. The van der Waals surface area contributed by atoms with Crippen LogP contribution in [0.1, 0.15) is 5.56 Å². The van der Waals surface area contributed by atoms with Gasteiger partial charge in [-0.15, -0.1) is 11.3 Å². The second-order valence-corrected chi connectivity index (χ2v) is 7.34. The third-order valence-corrected chi connectivity index (χ3v) is 5.27. The predicted octanol–water partition coefficient (Wildman–Crippen LogP) is 5.17. The third-order valence-electron chi connectivity index (χ3n) is 3.75. The molecule has 0 atom stereocenters. The Labute approximate surface area is 163 Å². The summed E-state index contributed by atoms with van der Waals surface area (Å²) in [7, 11) is 0. The second-order valence-electron chi connectivity index (χ2n) is 5.63. The van der Waals surface area contributed by atoms with E-state index in [0.29, 0.717) is 21.6 Å². The van der Waals surface area contributed by atoms with Gasteiger partial charge >= 0.3 is 0 Å². The van der Waals surface area contributed by atoms with Gasteiger partial charge in [-0.1, -0.05) is 29.3 Å². The molecule has 4 aromatic rings. The van der Waals surface area contributed by atoms with Crippen LogP contribution in [0.4, 0.5) is 5.69 Å². The Bertz CT molecular complexity index is 1090. The van der Waals surface area contributed by atoms with Crippen LogP contribution in [-0.2, 0) is 11.2 Å². The number of halogens is 2. The first-order chi connectivity index (χ1) is 12.6. The number of carbonyl (C=O) groups excluding carboxylic acids is 1. The van der Waals surface area contributed by atoms with Crippen molar-refractivity contribution in [3.63, 3.8) is 0 Å². The van der Waals surface area contributed by atoms with Crippen LogP contribution >= 0.6 is 34.5 Å². The highest BCUT2D eigenvalue weighted by Crippen LogP contribution is 2.25. The zero-order valence-corrected chi connectivity index (χ0v) is 15.6. The molecule has 2 aromatic heterocycles. The maximum atomic E-state index is 12.3. The Morgan fingerprint density at radius 3 is 2.81 bits per heavy atom. The molecule has 1 amide bonds. The van der Waals surface area contributed by atoms with E-state index < -0.39 is 0 Å². The van der Waals surface area contributed by atoms with Crippen LogP contribution in [0.15, 0.2) is 48.0 Å². The normalized spacial score (nSPS) is 11.0. The van der Waals surface area contributed by atoms with E-state index in [1.165, 1.54) is 11.3 Å². The molecule has 0 aliphatic rings. The van der Waals surface area contributed by atoms with Crippen molar-refractivity contribution < 1.29 is 4.79 Å². The molecule has 2 aromatic carbocycles. The number of carbonyl (C=O) groups is 1. The summed E-state index contributed by atoms with van der Waals surface area (Å²) in [5.74, 6) is 0.580. The SMILES string of the molecule is O=C(Cc1ccc(Cl)c(Cl)c1)Nc1ccc2nc(-c3nccs3)[nH]c2c1. The molecule has 0 aliphatic carbocycles. The summed E-state index contributed by atoms with van der Waals surface area (Å²) in [4.78, 5) is 24.3. The molecular weight excluding hydrogens is 391 g/mol. The van der Waals surface area contributed by atoms with Crippen LogP contribution in [0.25, 0.3) is 21.9 Å². The second kappa shape index (κ2) is 7.07. The number of nitrogens with one attached hydrogen (secondary N) is 2. The highest BCUT2D eigenvalue weighted by molar-refractivity contribution is 7.13. The molecule has 0 saturated heterocycles. The summed E-state index contributed by atoms with van der Waals surface area (Å²) in [6, 6.07) is 10.7. The molecule has 0 spiro atoms. The van der Waals surface area contributed by atoms with E-state index in [4.69, 9.17) is 23.2 Å². The van der Waals surface area contributed by atoms with Crippen LogP contribution in [0.5, 0.6) is 0 Å². The van der Waals surface area contributed by atoms with Gasteiger partial charge in [-0.2, -0.15) is 0 Å². The quantitative estimate of drug-likeness (QED) is 0.494. The van der Waals surface area contributed by atoms with Crippen molar-refractivity contribution in [2.24, 2.45) is 0 Å². The van der Waals surface area contributed by atoms with Gasteiger partial charge in [0.2, 0.25) is 5.91 Å². The summed E-state index contributed by atoms with van der Waals surface area (Å²) in [6.45, 7) is 0. The van der Waals surface area contributed by atoms with Crippen LogP contribution in [-0.4, -0.2) is 20.9 Å². The summed E-state index contributed by atoms with van der Waals surface area (Å²) in [6.07, 6.45) is 1.95. The molecular formula is C18H12Cl2N4OS.